The van der Waals surface area contributed by atoms with Gasteiger partial charge in [-0.05, 0) is 30.7 Å². The van der Waals surface area contributed by atoms with Crippen LogP contribution in [0.3, 0.4) is 0 Å². The third kappa shape index (κ3) is 3.08. The molecule has 1 unspecified atom stereocenters. The Hall–Kier alpha value is -1.53. The first-order chi connectivity index (χ1) is 8.99. The second kappa shape index (κ2) is 5.63. The average Bonchev–Trinajstić information content (AvgIpc) is 2.71. The van der Waals surface area contributed by atoms with Crippen LogP contribution in [0.2, 0.25) is 0 Å². The van der Waals surface area contributed by atoms with Crippen LogP contribution in [0, 0.1) is 12.7 Å². The maximum Gasteiger partial charge on any atom is 0.345 e. The molecule has 6 heteroatoms. The average molecular weight is 298 g/mol. The van der Waals surface area contributed by atoms with Crippen molar-refractivity contribution >= 4 is 28.1 Å². The van der Waals surface area contributed by atoms with Crippen LogP contribution in [0.4, 0.5) is 4.39 Å². The number of carbonyl (C=O) groups is 1. The Balaban J connectivity index is 2.24. The number of halogens is 1. The van der Waals surface area contributed by atoms with E-state index >= 15 is 0 Å². The minimum absolute atomic E-state index is 0.122. The van der Waals surface area contributed by atoms with Gasteiger partial charge in [0.25, 0.3) is 0 Å². The summed E-state index contributed by atoms with van der Waals surface area (Å²) < 4.78 is 25.6. The zero-order valence-electron chi connectivity index (χ0n) is 10.1. The zero-order valence-corrected chi connectivity index (χ0v) is 11.7. The van der Waals surface area contributed by atoms with Gasteiger partial charge in [0.15, 0.2) is 0 Å². The van der Waals surface area contributed by atoms with E-state index in [4.69, 9.17) is 5.11 Å². The summed E-state index contributed by atoms with van der Waals surface area (Å²) in [5.74, 6) is -1.39. The Kier molecular flexibility index (Phi) is 4.11. The lowest BCUT2D eigenvalue weighted by atomic mass is 10.3. The van der Waals surface area contributed by atoms with E-state index in [1.807, 2.05) is 0 Å². The van der Waals surface area contributed by atoms with Crippen molar-refractivity contribution in [1.82, 2.24) is 0 Å². The zero-order chi connectivity index (χ0) is 14.0. The van der Waals surface area contributed by atoms with Gasteiger partial charge in [-0.2, -0.15) is 0 Å². The summed E-state index contributed by atoms with van der Waals surface area (Å²) in [4.78, 5) is 12.0. The van der Waals surface area contributed by atoms with Crippen LogP contribution in [0.25, 0.3) is 0 Å². The molecular formula is C13H11FO3S2. The quantitative estimate of drug-likeness (QED) is 0.943. The van der Waals surface area contributed by atoms with Crippen molar-refractivity contribution in [2.45, 2.75) is 17.6 Å². The number of rotatable bonds is 4. The molecule has 0 saturated heterocycles. The highest BCUT2D eigenvalue weighted by Gasteiger charge is 2.15. The molecule has 0 aliphatic rings. The Labute approximate surface area is 116 Å². The predicted octanol–water partition coefficient (Wildman–Crippen LogP) is 3.20. The Morgan fingerprint density at radius 1 is 1.42 bits per heavy atom. The summed E-state index contributed by atoms with van der Waals surface area (Å²) in [6.45, 7) is 1.77. The van der Waals surface area contributed by atoms with Crippen molar-refractivity contribution in [2.75, 3.05) is 0 Å². The molecule has 19 heavy (non-hydrogen) atoms. The SMILES string of the molecule is Cc1sc(C(=O)O)cc1CS(=O)c1ccccc1F. The standard InChI is InChI=1S/C13H11FO3S2/c1-8-9(6-11(18-8)13(15)16)7-19(17)12-5-3-2-4-10(12)14/h2-6H,7H2,1H3,(H,15,16). The van der Waals surface area contributed by atoms with Crippen LogP contribution < -0.4 is 0 Å². The third-order valence-electron chi connectivity index (χ3n) is 2.60. The summed E-state index contributed by atoms with van der Waals surface area (Å²) >= 11 is 1.14. The molecule has 0 aliphatic carbocycles. The van der Waals surface area contributed by atoms with Crippen molar-refractivity contribution in [3.05, 3.63) is 51.5 Å². The van der Waals surface area contributed by atoms with Gasteiger partial charge in [0, 0.05) is 4.88 Å². The lowest BCUT2D eigenvalue weighted by Gasteiger charge is -2.03. The van der Waals surface area contributed by atoms with Crippen molar-refractivity contribution in [3.8, 4) is 0 Å². The highest BCUT2D eigenvalue weighted by atomic mass is 32.2. The number of carboxylic acid groups (broad SMARTS) is 1. The smallest absolute Gasteiger partial charge is 0.345 e. The maximum atomic E-state index is 13.5. The summed E-state index contributed by atoms with van der Waals surface area (Å²) in [6.07, 6.45) is 0. The first-order valence-corrected chi connectivity index (χ1v) is 7.58. The summed E-state index contributed by atoms with van der Waals surface area (Å²) in [5.41, 5.74) is 0.684. The van der Waals surface area contributed by atoms with Gasteiger partial charge in [0.05, 0.1) is 21.4 Å². The van der Waals surface area contributed by atoms with E-state index in [2.05, 4.69) is 0 Å². The summed E-state index contributed by atoms with van der Waals surface area (Å²) in [5, 5.41) is 8.89. The molecule has 1 aromatic carbocycles. The van der Waals surface area contributed by atoms with E-state index in [0.29, 0.717) is 5.56 Å². The van der Waals surface area contributed by atoms with Gasteiger partial charge >= 0.3 is 5.97 Å². The number of carboxylic acids is 1. The van der Waals surface area contributed by atoms with Gasteiger partial charge in [-0.1, -0.05) is 12.1 Å². The minimum Gasteiger partial charge on any atom is -0.477 e. The highest BCUT2D eigenvalue weighted by Crippen LogP contribution is 2.25. The fraction of sp³-hybridized carbons (Fsp3) is 0.154. The molecule has 3 nitrogen and oxygen atoms in total. The molecule has 2 aromatic rings. The number of thiophene rings is 1. The van der Waals surface area contributed by atoms with Gasteiger partial charge in [-0.25, -0.2) is 9.18 Å². The molecule has 0 spiro atoms. The van der Waals surface area contributed by atoms with Crippen LogP contribution in [0.5, 0.6) is 0 Å². The molecule has 0 saturated carbocycles. The van der Waals surface area contributed by atoms with Crippen LogP contribution in [0.1, 0.15) is 20.1 Å². The van der Waals surface area contributed by atoms with Gasteiger partial charge in [0.1, 0.15) is 10.7 Å². The van der Waals surface area contributed by atoms with Gasteiger partial charge in [-0.3, -0.25) is 4.21 Å². The Bertz CT molecular complexity index is 649. The first kappa shape index (κ1) is 13.9. The Morgan fingerprint density at radius 2 is 2.11 bits per heavy atom. The van der Waals surface area contributed by atoms with E-state index < -0.39 is 22.6 Å². The molecule has 100 valence electrons. The van der Waals surface area contributed by atoms with E-state index in [9.17, 15) is 13.4 Å². The first-order valence-electron chi connectivity index (χ1n) is 5.44. The second-order valence-electron chi connectivity index (χ2n) is 3.92. The molecule has 1 atom stereocenters. The molecule has 1 N–H and O–H groups in total. The monoisotopic (exact) mass is 298 g/mol. The van der Waals surface area contributed by atoms with E-state index in [-0.39, 0.29) is 15.5 Å². The molecule has 0 aliphatic heterocycles. The number of aryl methyl sites for hydroxylation is 1. The normalized spacial score (nSPS) is 12.3. The minimum atomic E-state index is -1.52. The number of hydrogen-bond acceptors (Lipinski definition) is 3. The second-order valence-corrected chi connectivity index (χ2v) is 6.59. The number of aromatic carboxylic acids is 1. The molecule has 0 bridgehead atoms. The number of benzene rings is 1. The van der Waals surface area contributed by atoms with Gasteiger partial charge in [-0.15, -0.1) is 11.3 Å². The lowest BCUT2D eigenvalue weighted by Crippen LogP contribution is -1.99. The molecule has 2 rings (SSSR count). The fourth-order valence-corrected chi connectivity index (χ4v) is 3.84. The molecule has 0 amide bonds. The van der Waals surface area contributed by atoms with Crippen molar-refractivity contribution in [1.29, 1.82) is 0 Å². The van der Waals surface area contributed by atoms with E-state index in [0.717, 1.165) is 16.2 Å². The van der Waals surface area contributed by atoms with Crippen LogP contribution in [-0.4, -0.2) is 15.3 Å². The van der Waals surface area contributed by atoms with Crippen molar-refractivity contribution in [3.63, 3.8) is 0 Å². The lowest BCUT2D eigenvalue weighted by molar-refractivity contribution is 0.0702. The largest absolute Gasteiger partial charge is 0.477 e. The van der Waals surface area contributed by atoms with Crippen molar-refractivity contribution in [2.24, 2.45) is 0 Å². The summed E-state index contributed by atoms with van der Waals surface area (Å²) in [7, 11) is -1.52. The Morgan fingerprint density at radius 3 is 2.68 bits per heavy atom. The molecular weight excluding hydrogens is 287 g/mol. The van der Waals surface area contributed by atoms with Crippen LogP contribution in [0.15, 0.2) is 35.2 Å². The van der Waals surface area contributed by atoms with E-state index in [1.54, 1.807) is 13.0 Å². The maximum absolute atomic E-state index is 13.5. The van der Waals surface area contributed by atoms with Crippen LogP contribution in [-0.2, 0) is 16.6 Å². The number of hydrogen-bond donors (Lipinski definition) is 1. The van der Waals surface area contributed by atoms with Crippen molar-refractivity contribution < 1.29 is 18.5 Å². The molecule has 1 aromatic heterocycles. The topological polar surface area (TPSA) is 54.4 Å². The van der Waals surface area contributed by atoms with E-state index in [1.165, 1.54) is 24.3 Å². The summed E-state index contributed by atoms with van der Waals surface area (Å²) in [6, 6.07) is 7.40. The predicted molar refractivity (Wildman–Crippen MR) is 72.5 cm³/mol. The third-order valence-corrected chi connectivity index (χ3v) is 5.08. The molecule has 0 fully saturated rings. The van der Waals surface area contributed by atoms with Crippen LogP contribution >= 0.6 is 11.3 Å². The molecule has 1 heterocycles. The molecule has 0 radical (unpaired) electrons. The fourth-order valence-electron chi connectivity index (χ4n) is 1.62. The highest BCUT2D eigenvalue weighted by molar-refractivity contribution is 7.84. The van der Waals surface area contributed by atoms with Gasteiger partial charge in [0.2, 0.25) is 0 Å². The van der Waals surface area contributed by atoms with Gasteiger partial charge < -0.3 is 5.11 Å².